The van der Waals surface area contributed by atoms with E-state index >= 15 is 0 Å². The van der Waals surface area contributed by atoms with E-state index in [4.69, 9.17) is 28.3 Å². The Morgan fingerprint density at radius 1 is 1.42 bits per heavy atom. The van der Waals surface area contributed by atoms with Crippen LogP contribution in [-0.4, -0.2) is 29.1 Å². The molecule has 0 bridgehead atoms. The average molecular weight is 302 g/mol. The molecule has 1 fully saturated rings. The number of aliphatic hydroxyl groups is 1. The predicted molar refractivity (Wildman–Crippen MR) is 76.2 cm³/mol. The number of hydrogen-bond acceptors (Lipinski definition) is 2. The molecule has 0 spiro atoms. The van der Waals surface area contributed by atoms with E-state index in [1.807, 2.05) is 6.07 Å². The molecule has 0 heterocycles. The molecule has 1 N–H and O–H groups in total. The van der Waals surface area contributed by atoms with Gasteiger partial charge in [0.05, 0.1) is 16.7 Å². The molecule has 2 unspecified atom stereocenters. The fourth-order valence-electron chi connectivity index (χ4n) is 2.15. The standard InChI is InChI=1S/C14H17Cl2NO2/c1-9-6-11(9)14(19)17(4-5-18)8-10-2-3-12(15)13(16)7-10/h2-3,7,9,11,18H,4-6,8H2,1H3. The Morgan fingerprint density at radius 2 is 2.11 bits per heavy atom. The number of amides is 1. The fourth-order valence-corrected chi connectivity index (χ4v) is 2.47. The fraction of sp³-hybridized carbons (Fsp3) is 0.500. The van der Waals surface area contributed by atoms with Gasteiger partial charge in [0, 0.05) is 19.0 Å². The molecule has 2 rings (SSSR count). The molecule has 19 heavy (non-hydrogen) atoms. The van der Waals surface area contributed by atoms with Gasteiger partial charge in [0.2, 0.25) is 5.91 Å². The van der Waals surface area contributed by atoms with Crippen molar-refractivity contribution < 1.29 is 9.90 Å². The highest BCUT2D eigenvalue weighted by atomic mass is 35.5. The Hall–Kier alpha value is -0.770. The second-order valence-corrected chi connectivity index (χ2v) is 5.87. The molecule has 104 valence electrons. The van der Waals surface area contributed by atoms with Crippen LogP contribution in [0.15, 0.2) is 18.2 Å². The average Bonchev–Trinajstić information content (AvgIpc) is 3.09. The molecule has 1 amide bonds. The normalized spacial score (nSPS) is 21.3. The molecule has 0 radical (unpaired) electrons. The number of rotatable bonds is 5. The van der Waals surface area contributed by atoms with E-state index in [0.29, 0.717) is 29.1 Å². The lowest BCUT2D eigenvalue weighted by atomic mass is 10.2. The van der Waals surface area contributed by atoms with Gasteiger partial charge < -0.3 is 10.0 Å². The SMILES string of the molecule is CC1CC1C(=O)N(CCO)Cc1ccc(Cl)c(Cl)c1. The number of benzene rings is 1. The van der Waals surface area contributed by atoms with E-state index in [-0.39, 0.29) is 18.4 Å². The van der Waals surface area contributed by atoms with E-state index in [0.717, 1.165) is 12.0 Å². The molecule has 1 saturated carbocycles. The summed E-state index contributed by atoms with van der Waals surface area (Å²) < 4.78 is 0. The molecule has 0 aliphatic heterocycles. The van der Waals surface area contributed by atoms with E-state index in [1.54, 1.807) is 17.0 Å². The zero-order valence-corrected chi connectivity index (χ0v) is 12.3. The van der Waals surface area contributed by atoms with Crippen molar-refractivity contribution in [1.29, 1.82) is 0 Å². The van der Waals surface area contributed by atoms with Gasteiger partial charge in [0.15, 0.2) is 0 Å². The second-order valence-electron chi connectivity index (χ2n) is 5.05. The van der Waals surface area contributed by atoms with E-state index in [9.17, 15) is 4.79 Å². The summed E-state index contributed by atoms with van der Waals surface area (Å²) in [4.78, 5) is 13.9. The zero-order valence-electron chi connectivity index (χ0n) is 10.8. The van der Waals surface area contributed by atoms with Crippen LogP contribution in [0.25, 0.3) is 0 Å². The first-order chi connectivity index (χ1) is 9.02. The zero-order chi connectivity index (χ0) is 14.0. The lowest BCUT2D eigenvalue weighted by Crippen LogP contribution is -2.34. The number of hydrogen-bond donors (Lipinski definition) is 1. The largest absolute Gasteiger partial charge is 0.395 e. The maximum absolute atomic E-state index is 12.2. The first-order valence-corrected chi connectivity index (χ1v) is 7.12. The smallest absolute Gasteiger partial charge is 0.226 e. The molecule has 3 nitrogen and oxygen atoms in total. The lowest BCUT2D eigenvalue weighted by molar-refractivity contribution is -0.134. The van der Waals surface area contributed by atoms with Crippen LogP contribution in [0.4, 0.5) is 0 Å². The quantitative estimate of drug-likeness (QED) is 0.908. The van der Waals surface area contributed by atoms with Crippen LogP contribution in [-0.2, 0) is 11.3 Å². The number of carbonyl (C=O) groups is 1. The van der Waals surface area contributed by atoms with Crippen LogP contribution in [0.3, 0.4) is 0 Å². The van der Waals surface area contributed by atoms with Gasteiger partial charge in [0.25, 0.3) is 0 Å². The van der Waals surface area contributed by atoms with Crippen molar-refractivity contribution in [2.24, 2.45) is 11.8 Å². The second kappa shape index (κ2) is 6.12. The molecule has 0 saturated heterocycles. The molecule has 1 aromatic carbocycles. The van der Waals surface area contributed by atoms with E-state index < -0.39 is 0 Å². The number of halogens is 2. The first kappa shape index (κ1) is 14.6. The third-order valence-corrected chi connectivity index (χ3v) is 4.20. The van der Waals surface area contributed by atoms with Crippen LogP contribution >= 0.6 is 23.2 Å². The van der Waals surface area contributed by atoms with Gasteiger partial charge in [-0.15, -0.1) is 0 Å². The van der Waals surface area contributed by atoms with Crippen LogP contribution < -0.4 is 0 Å². The van der Waals surface area contributed by atoms with Gasteiger partial charge in [-0.2, -0.15) is 0 Å². The van der Waals surface area contributed by atoms with E-state index in [1.165, 1.54) is 0 Å². The Balaban J connectivity index is 2.07. The highest BCUT2D eigenvalue weighted by Crippen LogP contribution is 2.39. The van der Waals surface area contributed by atoms with Gasteiger partial charge in [-0.25, -0.2) is 0 Å². The van der Waals surface area contributed by atoms with Crippen molar-refractivity contribution in [1.82, 2.24) is 4.90 Å². The highest BCUT2D eigenvalue weighted by molar-refractivity contribution is 6.42. The summed E-state index contributed by atoms with van der Waals surface area (Å²) in [5, 5.41) is 10.1. The molecular weight excluding hydrogens is 285 g/mol. The van der Waals surface area contributed by atoms with Gasteiger partial charge in [-0.1, -0.05) is 36.2 Å². The minimum absolute atomic E-state index is 0.0336. The predicted octanol–water partition coefficient (Wildman–Crippen LogP) is 2.97. The topological polar surface area (TPSA) is 40.5 Å². The van der Waals surface area contributed by atoms with Crippen molar-refractivity contribution in [2.45, 2.75) is 19.9 Å². The van der Waals surface area contributed by atoms with Crippen molar-refractivity contribution in [3.8, 4) is 0 Å². The number of carbonyl (C=O) groups excluding carboxylic acids is 1. The summed E-state index contributed by atoms with van der Waals surface area (Å²) >= 11 is 11.8. The van der Waals surface area contributed by atoms with Crippen molar-refractivity contribution >= 4 is 29.1 Å². The summed E-state index contributed by atoms with van der Waals surface area (Å²) in [6.07, 6.45) is 0.947. The molecule has 0 aromatic heterocycles. The third kappa shape index (κ3) is 3.62. The summed E-state index contributed by atoms with van der Waals surface area (Å²) in [5.74, 6) is 0.699. The monoisotopic (exact) mass is 301 g/mol. The Bertz CT molecular complexity index is 479. The highest BCUT2D eigenvalue weighted by Gasteiger charge is 2.41. The minimum Gasteiger partial charge on any atom is -0.395 e. The van der Waals surface area contributed by atoms with E-state index in [2.05, 4.69) is 6.92 Å². The van der Waals surface area contributed by atoms with Gasteiger partial charge in [-0.05, 0) is 30.0 Å². The van der Waals surface area contributed by atoms with Crippen LogP contribution in [0.1, 0.15) is 18.9 Å². The first-order valence-electron chi connectivity index (χ1n) is 6.36. The molecule has 5 heteroatoms. The van der Waals surface area contributed by atoms with Gasteiger partial charge >= 0.3 is 0 Å². The minimum atomic E-state index is -0.0336. The van der Waals surface area contributed by atoms with Gasteiger partial charge in [0.1, 0.15) is 0 Å². The summed E-state index contributed by atoms with van der Waals surface area (Å²) in [6.45, 7) is 2.84. The Morgan fingerprint density at radius 3 is 2.63 bits per heavy atom. The molecule has 1 aromatic rings. The summed E-state index contributed by atoms with van der Waals surface area (Å²) in [6, 6.07) is 5.33. The molecule has 1 aliphatic rings. The Labute approximate surface area is 123 Å². The number of aliphatic hydroxyl groups excluding tert-OH is 1. The van der Waals surface area contributed by atoms with Crippen LogP contribution in [0, 0.1) is 11.8 Å². The maximum Gasteiger partial charge on any atom is 0.226 e. The molecular formula is C14H17Cl2NO2. The summed E-state index contributed by atoms with van der Waals surface area (Å²) in [7, 11) is 0. The van der Waals surface area contributed by atoms with Gasteiger partial charge in [-0.3, -0.25) is 4.79 Å². The lowest BCUT2D eigenvalue weighted by Gasteiger charge is -2.22. The van der Waals surface area contributed by atoms with Crippen LogP contribution in [0.5, 0.6) is 0 Å². The third-order valence-electron chi connectivity index (χ3n) is 3.47. The van der Waals surface area contributed by atoms with Crippen molar-refractivity contribution in [3.63, 3.8) is 0 Å². The molecule has 1 aliphatic carbocycles. The Kier molecular flexibility index (Phi) is 4.71. The summed E-state index contributed by atoms with van der Waals surface area (Å²) in [5.41, 5.74) is 0.921. The van der Waals surface area contributed by atoms with Crippen LogP contribution in [0.2, 0.25) is 10.0 Å². The molecule has 2 atom stereocenters. The van der Waals surface area contributed by atoms with Crippen molar-refractivity contribution in [2.75, 3.05) is 13.2 Å². The van der Waals surface area contributed by atoms with Crippen molar-refractivity contribution in [3.05, 3.63) is 33.8 Å². The number of nitrogens with zero attached hydrogens (tertiary/aromatic N) is 1. The maximum atomic E-state index is 12.2.